The fourth-order valence-electron chi connectivity index (χ4n) is 3.95. The molecule has 6 heteroatoms. The number of nitrogens with one attached hydrogen (secondary N) is 1. The second-order valence-corrected chi connectivity index (χ2v) is 8.92. The molecule has 1 fully saturated rings. The number of rotatable bonds is 8. The number of hydrogen-bond donors (Lipinski definition) is 1. The van der Waals surface area contributed by atoms with E-state index in [0.29, 0.717) is 6.42 Å². The zero-order valence-electron chi connectivity index (χ0n) is 17.6. The van der Waals surface area contributed by atoms with Gasteiger partial charge in [-0.05, 0) is 30.5 Å². The highest BCUT2D eigenvalue weighted by Gasteiger charge is 2.21. The van der Waals surface area contributed by atoms with E-state index in [-0.39, 0.29) is 5.91 Å². The van der Waals surface area contributed by atoms with Crippen molar-refractivity contribution in [2.45, 2.75) is 26.2 Å². The molecule has 3 aromatic rings. The molecule has 5 nitrogen and oxygen atoms in total. The maximum atomic E-state index is 13.2. The number of hydrogen-bond acceptors (Lipinski definition) is 4. The van der Waals surface area contributed by atoms with Crippen molar-refractivity contribution >= 4 is 32.6 Å². The van der Waals surface area contributed by atoms with E-state index in [1.165, 1.54) is 5.56 Å². The van der Waals surface area contributed by atoms with Crippen LogP contribution in [0.5, 0.6) is 0 Å². The lowest BCUT2D eigenvalue weighted by Gasteiger charge is -2.25. The molecule has 1 saturated heterocycles. The Labute approximate surface area is 182 Å². The smallest absolute Gasteiger partial charge is 0.229 e. The third kappa shape index (κ3) is 5.25. The number of carbonyl (C=O) groups is 1. The van der Waals surface area contributed by atoms with Crippen molar-refractivity contribution in [2.24, 2.45) is 0 Å². The summed E-state index contributed by atoms with van der Waals surface area (Å²) in [6, 6.07) is 16.5. The summed E-state index contributed by atoms with van der Waals surface area (Å²) in [6.45, 7) is 7.66. The molecular weight excluding hydrogens is 394 g/mol. The topological polar surface area (TPSA) is 46.9 Å². The summed E-state index contributed by atoms with van der Waals surface area (Å²) in [4.78, 5) is 21.6. The van der Waals surface area contributed by atoms with Gasteiger partial charge in [0, 0.05) is 19.4 Å². The average molecular weight is 425 g/mol. The molecule has 0 spiro atoms. The molecule has 0 radical (unpaired) electrons. The van der Waals surface area contributed by atoms with Crippen molar-refractivity contribution < 1.29 is 14.4 Å². The van der Waals surface area contributed by atoms with Gasteiger partial charge in [-0.25, -0.2) is 4.98 Å². The third-order valence-corrected chi connectivity index (χ3v) is 6.77. The van der Waals surface area contributed by atoms with Crippen LogP contribution in [0, 0.1) is 6.92 Å². The predicted molar refractivity (Wildman–Crippen MR) is 122 cm³/mol. The number of aryl methyl sites for hydroxylation is 2. The first-order chi connectivity index (χ1) is 14.7. The Morgan fingerprint density at radius 3 is 2.70 bits per heavy atom. The SMILES string of the molecule is Cc1cccc2sc(N(CCC[NH+]3CCOCC3)C(=O)CCc3ccccc3)nc12. The molecule has 1 aliphatic rings. The molecule has 1 aromatic heterocycles. The summed E-state index contributed by atoms with van der Waals surface area (Å²) in [5, 5.41) is 0.828. The van der Waals surface area contributed by atoms with E-state index in [9.17, 15) is 4.79 Å². The molecule has 2 aromatic carbocycles. The van der Waals surface area contributed by atoms with Gasteiger partial charge in [-0.1, -0.05) is 53.8 Å². The van der Waals surface area contributed by atoms with Crippen molar-refractivity contribution in [3.8, 4) is 0 Å². The maximum absolute atomic E-state index is 13.2. The average Bonchev–Trinajstić information content (AvgIpc) is 3.22. The molecule has 0 bridgehead atoms. The Kier molecular flexibility index (Phi) is 7.10. The van der Waals surface area contributed by atoms with Crippen LogP contribution in [0.25, 0.3) is 10.2 Å². The standard InChI is InChI=1S/C24H29N3O2S/c1-19-7-5-10-21-23(19)25-24(30-21)27(14-6-13-26-15-17-29-18-16-26)22(28)12-11-20-8-3-2-4-9-20/h2-5,7-10H,6,11-18H2,1H3/p+1. The number of aromatic nitrogens is 1. The van der Waals surface area contributed by atoms with Gasteiger partial charge < -0.3 is 9.64 Å². The number of anilines is 1. The van der Waals surface area contributed by atoms with E-state index < -0.39 is 0 Å². The number of quaternary nitrogens is 1. The Morgan fingerprint density at radius 1 is 1.13 bits per heavy atom. The zero-order valence-corrected chi connectivity index (χ0v) is 18.4. The van der Waals surface area contributed by atoms with Crippen LogP contribution in [0.1, 0.15) is 24.0 Å². The van der Waals surface area contributed by atoms with Gasteiger partial charge in [0.1, 0.15) is 13.1 Å². The molecule has 0 saturated carbocycles. The molecule has 0 aliphatic carbocycles. The second kappa shape index (κ2) is 10.2. The highest BCUT2D eigenvalue weighted by Crippen LogP contribution is 2.31. The van der Waals surface area contributed by atoms with Crippen molar-refractivity contribution in [1.82, 2.24) is 4.98 Å². The normalized spacial score (nSPS) is 14.8. The lowest BCUT2D eigenvalue weighted by atomic mass is 10.1. The third-order valence-electron chi connectivity index (χ3n) is 5.72. The number of morpholine rings is 1. The van der Waals surface area contributed by atoms with Crippen molar-refractivity contribution in [3.05, 3.63) is 59.7 Å². The fraction of sp³-hybridized carbons (Fsp3) is 0.417. The van der Waals surface area contributed by atoms with Gasteiger partial charge in [-0.2, -0.15) is 0 Å². The second-order valence-electron chi connectivity index (χ2n) is 7.91. The van der Waals surface area contributed by atoms with E-state index >= 15 is 0 Å². The van der Waals surface area contributed by atoms with Crippen LogP contribution >= 0.6 is 11.3 Å². The number of ether oxygens (including phenoxy) is 1. The lowest BCUT2D eigenvalue weighted by Crippen LogP contribution is -3.14. The van der Waals surface area contributed by atoms with Crippen LogP contribution in [-0.4, -0.2) is 50.3 Å². The summed E-state index contributed by atoms with van der Waals surface area (Å²) in [7, 11) is 0. The van der Waals surface area contributed by atoms with Gasteiger partial charge >= 0.3 is 0 Å². The minimum Gasteiger partial charge on any atom is -0.370 e. The van der Waals surface area contributed by atoms with E-state index in [2.05, 4.69) is 37.3 Å². The van der Waals surface area contributed by atoms with Crippen LogP contribution < -0.4 is 9.80 Å². The largest absolute Gasteiger partial charge is 0.370 e. The number of benzene rings is 2. The highest BCUT2D eigenvalue weighted by atomic mass is 32.1. The molecule has 1 aliphatic heterocycles. The van der Waals surface area contributed by atoms with Crippen LogP contribution in [0.4, 0.5) is 5.13 Å². The predicted octanol–water partition coefficient (Wildman–Crippen LogP) is 2.88. The molecule has 0 unspecified atom stereocenters. The number of amides is 1. The van der Waals surface area contributed by atoms with Gasteiger partial charge in [-0.3, -0.25) is 9.69 Å². The Morgan fingerprint density at radius 2 is 1.93 bits per heavy atom. The first-order valence-corrected chi connectivity index (χ1v) is 11.6. The molecule has 158 valence electrons. The first-order valence-electron chi connectivity index (χ1n) is 10.8. The van der Waals surface area contributed by atoms with E-state index in [4.69, 9.17) is 9.72 Å². The summed E-state index contributed by atoms with van der Waals surface area (Å²) in [6.07, 6.45) is 2.24. The van der Waals surface area contributed by atoms with Gasteiger partial charge in [0.2, 0.25) is 5.91 Å². The summed E-state index contributed by atoms with van der Waals surface area (Å²) < 4.78 is 6.60. The Bertz CT molecular complexity index is 967. The molecule has 0 atom stereocenters. The molecule has 4 rings (SSSR count). The van der Waals surface area contributed by atoms with E-state index in [1.807, 2.05) is 23.1 Å². The van der Waals surface area contributed by atoms with Gasteiger partial charge in [-0.15, -0.1) is 0 Å². The zero-order chi connectivity index (χ0) is 20.8. The Hall–Kier alpha value is -2.28. The minimum atomic E-state index is 0.160. The number of carbonyl (C=O) groups excluding carboxylic acids is 1. The number of para-hydroxylation sites is 1. The maximum Gasteiger partial charge on any atom is 0.229 e. The molecule has 30 heavy (non-hydrogen) atoms. The Balaban J connectivity index is 1.47. The summed E-state index contributed by atoms with van der Waals surface area (Å²) in [5.74, 6) is 0.160. The van der Waals surface area contributed by atoms with Gasteiger partial charge in [0.05, 0.1) is 30.0 Å². The number of nitrogens with zero attached hydrogens (tertiary/aromatic N) is 2. The van der Waals surface area contributed by atoms with Gasteiger partial charge in [0.15, 0.2) is 5.13 Å². The van der Waals surface area contributed by atoms with Crippen LogP contribution in [-0.2, 0) is 16.0 Å². The molecule has 1 amide bonds. The fourth-order valence-corrected chi connectivity index (χ4v) is 5.03. The molecule has 2 heterocycles. The quantitative estimate of drug-likeness (QED) is 0.605. The van der Waals surface area contributed by atoms with Crippen LogP contribution in [0.2, 0.25) is 0 Å². The molecular formula is C24H30N3O2S+. The number of fused-ring (bicyclic) bond motifs is 1. The van der Waals surface area contributed by atoms with E-state index in [0.717, 1.165) is 73.1 Å². The van der Waals surface area contributed by atoms with E-state index in [1.54, 1.807) is 16.2 Å². The minimum absolute atomic E-state index is 0.160. The number of thiazole rings is 1. The lowest BCUT2D eigenvalue weighted by molar-refractivity contribution is -0.908. The monoisotopic (exact) mass is 424 g/mol. The summed E-state index contributed by atoms with van der Waals surface area (Å²) in [5.41, 5.74) is 3.37. The van der Waals surface area contributed by atoms with Crippen molar-refractivity contribution in [1.29, 1.82) is 0 Å². The van der Waals surface area contributed by atoms with Crippen molar-refractivity contribution in [2.75, 3.05) is 44.3 Å². The van der Waals surface area contributed by atoms with Gasteiger partial charge in [0.25, 0.3) is 0 Å². The van der Waals surface area contributed by atoms with Crippen molar-refractivity contribution in [3.63, 3.8) is 0 Å². The molecule has 1 N–H and O–H groups in total. The first kappa shape index (κ1) is 21.0. The van der Waals surface area contributed by atoms with Crippen LogP contribution in [0.15, 0.2) is 48.5 Å². The highest BCUT2D eigenvalue weighted by molar-refractivity contribution is 7.22. The summed E-state index contributed by atoms with van der Waals surface area (Å²) >= 11 is 1.62. The van der Waals surface area contributed by atoms with Crippen LogP contribution in [0.3, 0.4) is 0 Å².